The average Bonchev–Trinajstić information content (AvgIpc) is 2.80. The van der Waals surface area contributed by atoms with Gasteiger partial charge in [0, 0.05) is 25.0 Å². The van der Waals surface area contributed by atoms with E-state index in [1.54, 1.807) is 48.5 Å². The Balaban J connectivity index is 1.73. The van der Waals surface area contributed by atoms with Gasteiger partial charge < -0.3 is 24.8 Å². The van der Waals surface area contributed by atoms with E-state index in [0.717, 1.165) is 23.3 Å². The first-order valence-corrected chi connectivity index (χ1v) is 10.3. The van der Waals surface area contributed by atoms with Crippen molar-refractivity contribution in [3.63, 3.8) is 0 Å². The number of carboxylic acid groups (broad SMARTS) is 1. The van der Waals surface area contributed by atoms with Gasteiger partial charge in [-0.05, 0) is 23.3 Å². The molecule has 0 unspecified atom stereocenters. The second-order valence-corrected chi connectivity index (χ2v) is 7.68. The second kappa shape index (κ2) is 10.7. The van der Waals surface area contributed by atoms with Gasteiger partial charge in [0.25, 0.3) is 0 Å². The fourth-order valence-electron chi connectivity index (χ4n) is 3.50. The van der Waals surface area contributed by atoms with Gasteiger partial charge in [-0.15, -0.1) is 0 Å². The van der Waals surface area contributed by atoms with Crippen LogP contribution < -0.4 is 0 Å². The summed E-state index contributed by atoms with van der Waals surface area (Å²) in [5.74, 6) is -3.23. The first-order valence-electron chi connectivity index (χ1n) is 10.3. The molecule has 0 spiro atoms. The molecule has 0 aromatic heterocycles. The third kappa shape index (κ3) is 6.61. The van der Waals surface area contributed by atoms with E-state index in [2.05, 4.69) is 0 Å². The van der Waals surface area contributed by atoms with Crippen LogP contribution in [0.1, 0.15) is 24.0 Å². The smallest absolute Gasteiger partial charge is 0.335 e. The Kier molecular flexibility index (Phi) is 7.76. The highest BCUT2D eigenvalue weighted by atomic mass is 16.6. The summed E-state index contributed by atoms with van der Waals surface area (Å²) in [7, 11) is 0. The number of carboxylic acids is 1. The number of hydrogen-bond donors (Lipinski definition) is 3. The van der Waals surface area contributed by atoms with Crippen molar-refractivity contribution >= 4 is 30.1 Å². The number of benzene rings is 2. The molecule has 2 aromatic rings. The van der Waals surface area contributed by atoms with Gasteiger partial charge in [0.15, 0.2) is 11.7 Å². The molecule has 4 atom stereocenters. The molecule has 33 heavy (non-hydrogen) atoms. The Morgan fingerprint density at radius 3 is 1.79 bits per heavy atom. The molecule has 0 saturated heterocycles. The summed E-state index contributed by atoms with van der Waals surface area (Å²) in [6.45, 7) is 0. The van der Waals surface area contributed by atoms with Crippen LogP contribution in [0.2, 0.25) is 0 Å². The van der Waals surface area contributed by atoms with Crippen LogP contribution in [-0.4, -0.2) is 57.1 Å². The Labute approximate surface area is 190 Å². The molecular weight excluding hydrogens is 428 g/mol. The lowest BCUT2D eigenvalue weighted by molar-refractivity contribution is -0.204. The molecule has 1 fully saturated rings. The molecule has 0 heterocycles. The number of aliphatic hydroxyl groups excluding tert-OH is 1. The number of aliphatic carboxylic acids is 1. The maximum absolute atomic E-state index is 12.3. The highest BCUT2D eigenvalue weighted by Crippen LogP contribution is 2.33. The standard InChI is InChI=1S/C25H24O8/c26-19-15-25(31,24(29)30)16-20(32-21(27)13-11-17-7-3-1-4-8-17)23(19)33-22(28)14-12-18-9-5-2-6-10-18/h1-14,19-20,23,26,31H,15-16H2,(H,29,30)/b13-11+,14-12+/t19-,20-,23+,25-/m0/s1. The third-order valence-corrected chi connectivity index (χ3v) is 5.17. The molecule has 8 nitrogen and oxygen atoms in total. The van der Waals surface area contributed by atoms with Crippen LogP contribution >= 0.6 is 0 Å². The molecule has 0 amide bonds. The predicted octanol–water partition coefficient (Wildman–Crippen LogP) is 2.21. The van der Waals surface area contributed by atoms with E-state index in [1.165, 1.54) is 12.2 Å². The SMILES string of the molecule is O=C(/C=C/c1ccccc1)O[C@H]1[C@@H](OC(=O)/C=C/c2ccccc2)C[C@](O)(C(=O)O)C[C@@H]1O. The second-order valence-electron chi connectivity index (χ2n) is 7.68. The fraction of sp³-hybridized carbons (Fsp3) is 0.240. The van der Waals surface area contributed by atoms with Crippen molar-refractivity contribution in [2.45, 2.75) is 36.8 Å². The van der Waals surface area contributed by atoms with Gasteiger partial charge in [-0.2, -0.15) is 0 Å². The Hall–Kier alpha value is -3.75. The maximum atomic E-state index is 12.3. The lowest BCUT2D eigenvalue weighted by atomic mass is 9.79. The molecule has 1 aliphatic rings. The highest BCUT2D eigenvalue weighted by molar-refractivity contribution is 5.88. The van der Waals surface area contributed by atoms with Crippen molar-refractivity contribution in [3.05, 3.63) is 83.9 Å². The molecule has 2 aromatic carbocycles. The van der Waals surface area contributed by atoms with E-state index >= 15 is 0 Å². The zero-order chi connectivity index (χ0) is 23.8. The number of esters is 2. The molecular formula is C25H24O8. The van der Waals surface area contributed by atoms with Crippen LogP contribution in [0.25, 0.3) is 12.2 Å². The molecule has 3 N–H and O–H groups in total. The van der Waals surface area contributed by atoms with Gasteiger partial charge in [0.1, 0.15) is 6.10 Å². The zero-order valence-corrected chi connectivity index (χ0v) is 17.6. The van der Waals surface area contributed by atoms with Gasteiger partial charge in [0.05, 0.1) is 6.10 Å². The van der Waals surface area contributed by atoms with Crippen molar-refractivity contribution in [2.75, 3.05) is 0 Å². The van der Waals surface area contributed by atoms with Gasteiger partial charge in [-0.25, -0.2) is 14.4 Å². The number of ether oxygens (including phenoxy) is 2. The lowest BCUT2D eigenvalue weighted by Gasteiger charge is -2.40. The van der Waals surface area contributed by atoms with E-state index in [4.69, 9.17) is 9.47 Å². The minimum absolute atomic E-state index is 0.551. The molecule has 0 bridgehead atoms. The monoisotopic (exact) mass is 452 g/mol. The molecule has 0 aliphatic heterocycles. The number of aliphatic hydroxyl groups is 2. The summed E-state index contributed by atoms with van der Waals surface area (Å²) in [5.41, 5.74) is -0.863. The Morgan fingerprint density at radius 2 is 1.30 bits per heavy atom. The van der Waals surface area contributed by atoms with Crippen LogP contribution in [0.15, 0.2) is 72.8 Å². The van der Waals surface area contributed by atoms with E-state index in [0.29, 0.717) is 0 Å². The summed E-state index contributed by atoms with van der Waals surface area (Å²) >= 11 is 0. The number of hydrogen-bond acceptors (Lipinski definition) is 7. The largest absolute Gasteiger partial charge is 0.479 e. The number of carbonyl (C=O) groups is 3. The summed E-state index contributed by atoms with van der Waals surface area (Å²) in [6, 6.07) is 17.9. The summed E-state index contributed by atoms with van der Waals surface area (Å²) in [5, 5.41) is 30.2. The van der Waals surface area contributed by atoms with Crippen LogP contribution in [0, 0.1) is 0 Å². The molecule has 1 aliphatic carbocycles. The first-order chi connectivity index (χ1) is 15.8. The van der Waals surface area contributed by atoms with E-state index in [1.807, 2.05) is 12.1 Å². The van der Waals surface area contributed by atoms with E-state index < -0.39 is 54.7 Å². The Bertz CT molecular complexity index is 1030. The van der Waals surface area contributed by atoms with Crippen LogP contribution in [0.5, 0.6) is 0 Å². The topological polar surface area (TPSA) is 130 Å². The van der Waals surface area contributed by atoms with Crippen molar-refractivity contribution < 1.29 is 39.2 Å². The zero-order valence-electron chi connectivity index (χ0n) is 17.6. The fourth-order valence-corrected chi connectivity index (χ4v) is 3.50. The quantitative estimate of drug-likeness (QED) is 0.431. The van der Waals surface area contributed by atoms with Gasteiger partial charge in [-0.3, -0.25) is 0 Å². The summed E-state index contributed by atoms with van der Waals surface area (Å²) in [4.78, 5) is 36.2. The van der Waals surface area contributed by atoms with Gasteiger partial charge in [0.2, 0.25) is 0 Å². The van der Waals surface area contributed by atoms with Crippen LogP contribution in [0.4, 0.5) is 0 Å². The summed E-state index contributed by atoms with van der Waals surface area (Å²) in [6.07, 6.45) is -0.156. The average molecular weight is 452 g/mol. The van der Waals surface area contributed by atoms with Crippen molar-refractivity contribution in [2.24, 2.45) is 0 Å². The maximum Gasteiger partial charge on any atom is 0.335 e. The molecule has 8 heteroatoms. The normalized spacial score (nSPS) is 25.1. The third-order valence-electron chi connectivity index (χ3n) is 5.17. The van der Waals surface area contributed by atoms with Crippen molar-refractivity contribution in [1.82, 2.24) is 0 Å². The first kappa shape index (κ1) is 23.9. The molecule has 1 saturated carbocycles. The van der Waals surface area contributed by atoms with Crippen LogP contribution in [0.3, 0.4) is 0 Å². The molecule has 172 valence electrons. The minimum Gasteiger partial charge on any atom is -0.479 e. The summed E-state index contributed by atoms with van der Waals surface area (Å²) < 4.78 is 10.6. The Morgan fingerprint density at radius 1 is 0.818 bits per heavy atom. The van der Waals surface area contributed by atoms with Gasteiger partial charge in [-0.1, -0.05) is 60.7 Å². The number of rotatable bonds is 7. The highest BCUT2D eigenvalue weighted by Gasteiger charge is 2.52. The van der Waals surface area contributed by atoms with E-state index in [9.17, 15) is 29.7 Å². The van der Waals surface area contributed by atoms with Crippen LogP contribution in [-0.2, 0) is 23.9 Å². The predicted molar refractivity (Wildman–Crippen MR) is 119 cm³/mol. The van der Waals surface area contributed by atoms with Crippen molar-refractivity contribution in [3.8, 4) is 0 Å². The van der Waals surface area contributed by atoms with E-state index in [-0.39, 0.29) is 0 Å². The minimum atomic E-state index is -2.34. The molecule has 3 rings (SSSR count). The number of carbonyl (C=O) groups excluding carboxylic acids is 2. The lowest BCUT2D eigenvalue weighted by Crippen LogP contribution is -2.58. The van der Waals surface area contributed by atoms with Crippen molar-refractivity contribution in [1.29, 1.82) is 0 Å². The molecule has 0 radical (unpaired) electrons. The van der Waals surface area contributed by atoms with Gasteiger partial charge >= 0.3 is 17.9 Å².